The van der Waals surface area contributed by atoms with Crippen molar-refractivity contribution < 1.29 is 13.9 Å². The molecule has 2 aromatic rings. The normalized spacial score (nSPS) is 17.6. The van der Waals surface area contributed by atoms with E-state index in [0.29, 0.717) is 18.2 Å². The third-order valence-electron chi connectivity index (χ3n) is 3.40. The van der Waals surface area contributed by atoms with E-state index >= 15 is 0 Å². The molecule has 7 nitrogen and oxygen atoms in total. The van der Waals surface area contributed by atoms with Crippen LogP contribution < -0.4 is 5.32 Å². The Bertz CT molecular complexity index is 607. The summed E-state index contributed by atoms with van der Waals surface area (Å²) in [7, 11) is 0. The molecule has 0 bridgehead atoms. The number of anilines is 1. The van der Waals surface area contributed by atoms with Gasteiger partial charge in [-0.25, -0.2) is 4.79 Å². The standard InChI is InChI=1S/C14H18N4O3S/c1-10-16-17-13(22-10)15-14(19)18(8-11-4-2-6-20-11)9-12-5-3-7-21-12/h2,4,6,12H,3,5,7-9H2,1H3,(H,15,17,19). The van der Waals surface area contributed by atoms with Crippen molar-refractivity contribution in [1.82, 2.24) is 15.1 Å². The lowest BCUT2D eigenvalue weighted by Gasteiger charge is -2.24. The summed E-state index contributed by atoms with van der Waals surface area (Å²) >= 11 is 1.35. The number of rotatable bonds is 5. The number of aryl methyl sites for hydroxylation is 1. The van der Waals surface area contributed by atoms with Gasteiger partial charge in [-0.1, -0.05) is 11.3 Å². The third kappa shape index (κ3) is 3.83. The molecule has 1 aliphatic rings. The minimum absolute atomic E-state index is 0.0804. The zero-order chi connectivity index (χ0) is 15.4. The van der Waals surface area contributed by atoms with Gasteiger partial charge in [-0.2, -0.15) is 0 Å². The highest BCUT2D eigenvalue weighted by molar-refractivity contribution is 7.15. The summed E-state index contributed by atoms with van der Waals surface area (Å²) in [5.41, 5.74) is 0. The van der Waals surface area contributed by atoms with Crippen LogP contribution in [0.3, 0.4) is 0 Å². The number of carbonyl (C=O) groups excluding carboxylic acids is 1. The van der Waals surface area contributed by atoms with Gasteiger partial charge in [0.2, 0.25) is 5.13 Å². The highest BCUT2D eigenvalue weighted by atomic mass is 32.1. The summed E-state index contributed by atoms with van der Waals surface area (Å²) in [6.07, 6.45) is 3.69. The summed E-state index contributed by atoms with van der Waals surface area (Å²) in [5.74, 6) is 0.738. The van der Waals surface area contributed by atoms with Crippen LogP contribution in [0.5, 0.6) is 0 Å². The van der Waals surface area contributed by atoms with Crippen molar-refractivity contribution in [3.63, 3.8) is 0 Å². The number of aromatic nitrogens is 2. The minimum atomic E-state index is -0.219. The molecule has 8 heteroatoms. The van der Waals surface area contributed by atoms with Gasteiger partial charge in [0.15, 0.2) is 0 Å². The number of hydrogen-bond donors (Lipinski definition) is 1. The van der Waals surface area contributed by atoms with Crippen molar-refractivity contribution in [2.24, 2.45) is 0 Å². The van der Waals surface area contributed by atoms with E-state index in [2.05, 4.69) is 15.5 Å². The van der Waals surface area contributed by atoms with Crippen LogP contribution in [-0.4, -0.2) is 40.4 Å². The Morgan fingerprint density at radius 1 is 1.55 bits per heavy atom. The average Bonchev–Trinajstić information content (AvgIpc) is 3.21. The maximum absolute atomic E-state index is 12.5. The summed E-state index contributed by atoms with van der Waals surface area (Å²) in [6, 6.07) is 3.44. The fraction of sp³-hybridized carbons (Fsp3) is 0.500. The lowest BCUT2D eigenvalue weighted by Crippen LogP contribution is -2.39. The monoisotopic (exact) mass is 322 g/mol. The summed E-state index contributed by atoms with van der Waals surface area (Å²) in [6.45, 7) is 3.54. The van der Waals surface area contributed by atoms with Gasteiger partial charge in [0, 0.05) is 13.2 Å². The molecule has 2 amide bonds. The first-order valence-electron chi connectivity index (χ1n) is 7.21. The Morgan fingerprint density at radius 3 is 3.09 bits per heavy atom. The van der Waals surface area contributed by atoms with E-state index in [1.807, 2.05) is 19.1 Å². The topological polar surface area (TPSA) is 80.5 Å². The summed E-state index contributed by atoms with van der Waals surface area (Å²) < 4.78 is 11.0. The van der Waals surface area contributed by atoms with Crippen molar-refractivity contribution in [3.8, 4) is 0 Å². The molecule has 1 fully saturated rings. The van der Waals surface area contributed by atoms with Crippen molar-refractivity contribution >= 4 is 22.5 Å². The molecule has 1 aliphatic heterocycles. The largest absolute Gasteiger partial charge is 0.467 e. The van der Waals surface area contributed by atoms with Gasteiger partial charge >= 0.3 is 6.03 Å². The van der Waals surface area contributed by atoms with Crippen LogP contribution in [0.2, 0.25) is 0 Å². The fourth-order valence-electron chi connectivity index (χ4n) is 2.36. The highest BCUT2D eigenvalue weighted by Gasteiger charge is 2.24. The molecule has 1 saturated heterocycles. The molecule has 3 heterocycles. The molecule has 2 aromatic heterocycles. The maximum atomic E-state index is 12.5. The quantitative estimate of drug-likeness (QED) is 0.915. The van der Waals surface area contributed by atoms with Crippen LogP contribution in [0.4, 0.5) is 9.93 Å². The smallest absolute Gasteiger partial charge is 0.324 e. The first kappa shape index (κ1) is 15.0. The maximum Gasteiger partial charge on any atom is 0.324 e. The average molecular weight is 322 g/mol. The summed E-state index contributed by atoms with van der Waals surface area (Å²) in [5, 5.41) is 11.9. The van der Waals surface area contributed by atoms with Crippen molar-refractivity contribution in [2.75, 3.05) is 18.5 Å². The number of nitrogens with zero attached hydrogens (tertiary/aromatic N) is 3. The van der Waals surface area contributed by atoms with Gasteiger partial charge in [-0.15, -0.1) is 10.2 Å². The van der Waals surface area contributed by atoms with Gasteiger partial charge in [0.05, 0.1) is 18.9 Å². The molecule has 22 heavy (non-hydrogen) atoms. The number of furan rings is 1. The Balaban J connectivity index is 1.66. The highest BCUT2D eigenvalue weighted by Crippen LogP contribution is 2.18. The second kappa shape index (κ2) is 6.89. The number of amides is 2. The predicted molar refractivity (Wildman–Crippen MR) is 81.8 cm³/mol. The second-order valence-electron chi connectivity index (χ2n) is 5.15. The van der Waals surface area contributed by atoms with E-state index in [9.17, 15) is 4.79 Å². The zero-order valence-electron chi connectivity index (χ0n) is 12.3. The zero-order valence-corrected chi connectivity index (χ0v) is 13.1. The second-order valence-corrected chi connectivity index (χ2v) is 6.33. The number of hydrogen-bond acceptors (Lipinski definition) is 6. The third-order valence-corrected chi connectivity index (χ3v) is 4.16. The Kier molecular flexibility index (Phi) is 4.69. The molecular formula is C14H18N4O3S. The first-order valence-corrected chi connectivity index (χ1v) is 8.02. The van der Waals surface area contributed by atoms with E-state index in [4.69, 9.17) is 9.15 Å². The molecule has 118 valence electrons. The number of urea groups is 1. The molecule has 0 aliphatic carbocycles. The van der Waals surface area contributed by atoms with Gasteiger partial charge in [-0.3, -0.25) is 5.32 Å². The molecular weight excluding hydrogens is 304 g/mol. The Labute approximate surface area is 132 Å². The predicted octanol–water partition coefficient (Wildman–Crippen LogP) is 2.65. The van der Waals surface area contributed by atoms with Crippen LogP contribution in [0.15, 0.2) is 22.8 Å². The SMILES string of the molecule is Cc1nnc(NC(=O)N(Cc2ccco2)CC2CCCO2)s1. The van der Waals surface area contributed by atoms with Crippen molar-refractivity contribution in [2.45, 2.75) is 32.4 Å². The molecule has 1 unspecified atom stereocenters. The Hall–Kier alpha value is -1.93. The molecule has 3 rings (SSSR count). The van der Waals surface area contributed by atoms with E-state index in [1.165, 1.54) is 11.3 Å². The van der Waals surface area contributed by atoms with Crippen molar-refractivity contribution in [1.29, 1.82) is 0 Å². The summed E-state index contributed by atoms with van der Waals surface area (Å²) in [4.78, 5) is 14.2. The number of ether oxygens (including phenoxy) is 1. The van der Waals surface area contributed by atoms with Gasteiger partial charge in [0.1, 0.15) is 10.8 Å². The molecule has 1 atom stereocenters. The van der Waals surface area contributed by atoms with E-state index in [1.54, 1.807) is 11.2 Å². The van der Waals surface area contributed by atoms with Gasteiger partial charge in [-0.05, 0) is 31.9 Å². The lowest BCUT2D eigenvalue weighted by molar-refractivity contribution is 0.0803. The first-order chi connectivity index (χ1) is 10.7. The van der Waals surface area contributed by atoms with Gasteiger partial charge in [0.25, 0.3) is 0 Å². The molecule has 0 radical (unpaired) electrons. The number of nitrogens with one attached hydrogen (secondary N) is 1. The van der Waals surface area contributed by atoms with E-state index in [-0.39, 0.29) is 12.1 Å². The van der Waals surface area contributed by atoms with Crippen LogP contribution in [0, 0.1) is 6.92 Å². The van der Waals surface area contributed by atoms with Crippen LogP contribution in [0.1, 0.15) is 23.6 Å². The van der Waals surface area contributed by atoms with Crippen LogP contribution in [-0.2, 0) is 11.3 Å². The Morgan fingerprint density at radius 2 is 2.45 bits per heavy atom. The van der Waals surface area contributed by atoms with E-state index in [0.717, 1.165) is 30.2 Å². The van der Waals surface area contributed by atoms with Crippen LogP contribution >= 0.6 is 11.3 Å². The molecule has 0 spiro atoms. The minimum Gasteiger partial charge on any atom is -0.467 e. The fourth-order valence-corrected chi connectivity index (χ4v) is 2.94. The van der Waals surface area contributed by atoms with Crippen LogP contribution in [0.25, 0.3) is 0 Å². The van der Waals surface area contributed by atoms with Crippen molar-refractivity contribution in [3.05, 3.63) is 29.2 Å². The number of carbonyl (C=O) groups is 1. The molecule has 0 saturated carbocycles. The molecule has 1 N–H and O–H groups in total. The lowest BCUT2D eigenvalue weighted by atomic mass is 10.2. The molecule has 0 aromatic carbocycles. The van der Waals surface area contributed by atoms with E-state index < -0.39 is 0 Å². The van der Waals surface area contributed by atoms with Gasteiger partial charge < -0.3 is 14.1 Å².